The normalized spacial score (nSPS) is 23.8. The Bertz CT molecular complexity index is 766. The fourth-order valence-corrected chi connectivity index (χ4v) is 3.96. The molecular weight excluding hydrogens is 337 g/mol. The Kier molecular flexibility index (Phi) is 4.76. The van der Waals surface area contributed by atoms with Crippen LogP contribution in [0.2, 0.25) is 0 Å². The highest BCUT2D eigenvalue weighted by molar-refractivity contribution is 5.69. The molecule has 26 heavy (non-hydrogen) atoms. The summed E-state index contributed by atoms with van der Waals surface area (Å²) in [7, 11) is 0. The predicted molar refractivity (Wildman–Crippen MR) is 97.1 cm³/mol. The highest BCUT2D eigenvalue weighted by Gasteiger charge is 2.40. The largest absolute Gasteiger partial charge is 0.416 e. The first-order valence-corrected chi connectivity index (χ1v) is 9.26. The van der Waals surface area contributed by atoms with Gasteiger partial charge < -0.3 is 10.6 Å². The van der Waals surface area contributed by atoms with Gasteiger partial charge in [-0.05, 0) is 61.2 Å². The Hall–Kier alpha value is -1.85. The molecule has 0 amide bonds. The Labute approximate surface area is 151 Å². The van der Waals surface area contributed by atoms with Crippen LogP contribution in [0.1, 0.15) is 36.3 Å². The summed E-state index contributed by atoms with van der Waals surface area (Å²) < 4.78 is 39.2. The SMILES string of the molecule is FC(F)(F)c1cccc(-c2ccccc2[C@H]2C[C@@H]2NC2CCNCC2)c1. The topological polar surface area (TPSA) is 24.1 Å². The van der Waals surface area contributed by atoms with Crippen LogP contribution >= 0.6 is 0 Å². The molecule has 2 N–H and O–H groups in total. The fourth-order valence-electron chi connectivity index (χ4n) is 3.96. The van der Waals surface area contributed by atoms with Gasteiger partial charge in [-0.2, -0.15) is 13.2 Å². The highest BCUT2D eigenvalue weighted by Crippen LogP contribution is 2.45. The summed E-state index contributed by atoms with van der Waals surface area (Å²) in [6.45, 7) is 2.10. The van der Waals surface area contributed by atoms with Gasteiger partial charge in [0.25, 0.3) is 0 Å². The maximum atomic E-state index is 13.1. The van der Waals surface area contributed by atoms with Crippen LogP contribution in [0.25, 0.3) is 11.1 Å². The standard InChI is InChI=1S/C21H23F3N2/c22-21(23,24)15-5-3-4-14(12-15)17-6-1-2-7-18(17)19-13-20(19)26-16-8-10-25-11-9-16/h1-7,12,16,19-20,25-26H,8-11,13H2/t19-,20+/m1/s1. The number of hydrogen-bond donors (Lipinski definition) is 2. The first-order valence-electron chi connectivity index (χ1n) is 9.26. The van der Waals surface area contributed by atoms with Crippen LogP contribution in [-0.2, 0) is 6.18 Å². The molecule has 1 heterocycles. The average Bonchev–Trinajstić information content (AvgIpc) is 3.41. The van der Waals surface area contributed by atoms with Crippen molar-refractivity contribution < 1.29 is 13.2 Å². The highest BCUT2D eigenvalue weighted by atomic mass is 19.4. The Morgan fingerprint density at radius 2 is 1.73 bits per heavy atom. The molecule has 5 heteroatoms. The van der Waals surface area contributed by atoms with E-state index in [2.05, 4.69) is 16.7 Å². The summed E-state index contributed by atoms with van der Waals surface area (Å²) in [4.78, 5) is 0. The van der Waals surface area contributed by atoms with E-state index >= 15 is 0 Å². The molecule has 138 valence electrons. The second-order valence-corrected chi connectivity index (χ2v) is 7.31. The van der Waals surface area contributed by atoms with Crippen molar-refractivity contribution in [3.8, 4) is 11.1 Å². The van der Waals surface area contributed by atoms with E-state index in [9.17, 15) is 13.2 Å². The van der Waals surface area contributed by atoms with Crippen LogP contribution in [0, 0.1) is 0 Å². The van der Waals surface area contributed by atoms with Crippen LogP contribution in [0.15, 0.2) is 48.5 Å². The van der Waals surface area contributed by atoms with Crippen molar-refractivity contribution in [2.75, 3.05) is 13.1 Å². The van der Waals surface area contributed by atoms with Crippen LogP contribution in [-0.4, -0.2) is 25.2 Å². The van der Waals surface area contributed by atoms with Crippen LogP contribution < -0.4 is 10.6 Å². The molecule has 2 nitrogen and oxygen atoms in total. The Morgan fingerprint density at radius 1 is 0.962 bits per heavy atom. The van der Waals surface area contributed by atoms with Crippen molar-refractivity contribution >= 4 is 0 Å². The summed E-state index contributed by atoms with van der Waals surface area (Å²) in [5.41, 5.74) is 2.12. The number of benzene rings is 2. The van der Waals surface area contributed by atoms with Crippen molar-refractivity contribution in [3.05, 3.63) is 59.7 Å². The maximum absolute atomic E-state index is 13.1. The van der Waals surface area contributed by atoms with E-state index in [-0.39, 0.29) is 0 Å². The van der Waals surface area contributed by atoms with Crippen molar-refractivity contribution in [1.29, 1.82) is 0 Å². The molecule has 1 saturated heterocycles. The molecule has 2 fully saturated rings. The van der Waals surface area contributed by atoms with Crippen molar-refractivity contribution in [2.24, 2.45) is 0 Å². The second kappa shape index (κ2) is 7.05. The molecular formula is C21H23F3N2. The van der Waals surface area contributed by atoms with Gasteiger partial charge in [-0.1, -0.05) is 36.4 Å². The molecule has 0 radical (unpaired) electrons. The molecule has 2 aromatic carbocycles. The lowest BCUT2D eigenvalue weighted by Crippen LogP contribution is -2.41. The van der Waals surface area contributed by atoms with E-state index in [1.807, 2.05) is 18.2 Å². The van der Waals surface area contributed by atoms with Crippen molar-refractivity contribution in [3.63, 3.8) is 0 Å². The molecule has 1 aliphatic carbocycles. The average molecular weight is 360 g/mol. The smallest absolute Gasteiger partial charge is 0.317 e. The molecule has 0 spiro atoms. The van der Waals surface area contributed by atoms with Gasteiger partial charge in [-0.25, -0.2) is 0 Å². The summed E-state index contributed by atoms with van der Waals surface area (Å²) in [5.74, 6) is 0.385. The van der Waals surface area contributed by atoms with E-state index in [0.717, 1.165) is 49.5 Å². The van der Waals surface area contributed by atoms with E-state index < -0.39 is 11.7 Å². The molecule has 0 aromatic heterocycles. The zero-order valence-corrected chi connectivity index (χ0v) is 14.5. The first-order chi connectivity index (χ1) is 12.5. The number of hydrogen-bond acceptors (Lipinski definition) is 2. The number of nitrogens with one attached hydrogen (secondary N) is 2. The summed E-state index contributed by atoms with van der Waals surface area (Å²) in [6.07, 6.45) is -0.986. The van der Waals surface area contributed by atoms with Crippen molar-refractivity contribution in [2.45, 2.75) is 43.4 Å². The van der Waals surface area contributed by atoms with E-state index in [1.165, 1.54) is 12.1 Å². The molecule has 2 aliphatic rings. The molecule has 1 saturated carbocycles. The summed E-state index contributed by atoms with van der Waals surface area (Å²) in [5, 5.41) is 7.10. The van der Waals surface area contributed by atoms with Gasteiger partial charge in [0.05, 0.1) is 5.56 Å². The Balaban J connectivity index is 1.55. The van der Waals surface area contributed by atoms with Gasteiger partial charge in [0.1, 0.15) is 0 Å². The van der Waals surface area contributed by atoms with Gasteiger partial charge >= 0.3 is 6.18 Å². The maximum Gasteiger partial charge on any atom is 0.416 e. The number of rotatable bonds is 4. The molecule has 2 aromatic rings. The summed E-state index contributed by atoms with van der Waals surface area (Å²) >= 11 is 0. The Morgan fingerprint density at radius 3 is 2.50 bits per heavy atom. The second-order valence-electron chi connectivity index (χ2n) is 7.31. The van der Waals surface area contributed by atoms with Gasteiger partial charge in [-0.15, -0.1) is 0 Å². The van der Waals surface area contributed by atoms with Gasteiger partial charge in [0.15, 0.2) is 0 Å². The lowest BCUT2D eigenvalue weighted by Gasteiger charge is -2.24. The monoisotopic (exact) mass is 360 g/mol. The van der Waals surface area contributed by atoms with Gasteiger partial charge in [0.2, 0.25) is 0 Å². The van der Waals surface area contributed by atoms with Gasteiger partial charge in [-0.3, -0.25) is 0 Å². The third kappa shape index (κ3) is 3.79. The number of halogens is 3. The van der Waals surface area contributed by atoms with E-state index in [4.69, 9.17) is 0 Å². The summed E-state index contributed by atoms with van der Waals surface area (Å²) in [6, 6.07) is 14.5. The van der Waals surface area contributed by atoms with Crippen LogP contribution in [0.4, 0.5) is 13.2 Å². The molecule has 1 aliphatic heterocycles. The van der Waals surface area contributed by atoms with Gasteiger partial charge in [0, 0.05) is 18.0 Å². The quantitative estimate of drug-likeness (QED) is 0.835. The fraction of sp³-hybridized carbons (Fsp3) is 0.429. The molecule has 4 rings (SSSR count). The lowest BCUT2D eigenvalue weighted by atomic mass is 9.95. The van der Waals surface area contributed by atoms with E-state index in [1.54, 1.807) is 6.07 Å². The van der Waals surface area contributed by atoms with E-state index in [0.29, 0.717) is 23.6 Å². The third-order valence-electron chi connectivity index (χ3n) is 5.44. The lowest BCUT2D eigenvalue weighted by molar-refractivity contribution is -0.137. The predicted octanol–water partition coefficient (Wildman–Crippen LogP) is 4.57. The molecule has 0 bridgehead atoms. The molecule has 2 atom stereocenters. The first kappa shape index (κ1) is 17.6. The van der Waals surface area contributed by atoms with Crippen LogP contribution in [0.5, 0.6) is 0 Å². The zero-order valence-electron chi connectivity index (χ0n) is 14.5. The third-order valence-corrected chi connectivity index (χ3v) is 5.44. The van der Waals surface area contributed by atoms with Crippen molar-refractivity contribution in [1.82, 2.24) is 10.6 Å². The van der Waals surface area contributed by atoms with Crippen LogP contribution in [0.3, 0.4) is 0 Å². The minimum absolute atomic E-state index is 0.385. The zero-order chi connectivity index (χ0) is 18.1. The number of alkyl halides is 3. The number of piperidine rings is 1. The minimum Gasteiger partial charge on any atom is -0.317 e. The molecule has 0 unspecified atom stereocenters. The minimum atomic E-state index is -4.32.